The predicted molar refractivity (Wildman–Crippen MR) is 51.5 cm³/mol. The van der Waals surface area contributed by atoms with E-state index in [9.17, 15) is 18.3 Å². The smallest absolute Gasteiger partial charge is 0.392 e. The Morgan fingerprint density at radius 2 is 1.87 bits per heavy atom. The molecule has 1 fully saturated rings. The van der Waals surface area contributed by atoms with Crippen molar-refractivity contribution in [1.29, 1.82) is 0 Å². The number of aliphatic hydroxyl groups excluding tert-OH is 1. The third kappa shape index (κ3) is 4.84. The zero-order chi connectivity index (χ0) is 11.6. The number of hydrogen-bond acceptors (Lipinski definition) is 2. The first-order valence-corrected chi connectivity index (χ1v) is 5.28. The summed E-state index contributed by atoms with van der Waals surface area (Å²) in [7, 11) is 0. The van der Waals surface area contributed by atoms with Crippen molar-refractivity contribution in [1.82, 2.24) is 4.90 Å². The number of alkyl halides is 3. The van der Waals surface area contributed by atoms with E-state index in [-0.39, 0.29) is 18.5 Å². The number of rotatable bonds is 5. The Balaban J connectivity index is 2.42. The molecule has 2 nitrogen and oxygen atoms in total. The Kier molecular flexibility index (Phi) is 4.00. The van der Waals surface area contributed by atoms with E-state index in [1.807, 2.05) is 0 Å². The molecule has 1 unspecified atom stereocenters. The molecule has 1 atom stereocenters. The highest BCUT2D eigenvalue weighted by Crippen LogP contribution is 2.33. The lowest BCUT2D eigenvalue weighted by molar-refractivity contribution is -0.152. The van der Waals surface area contributed by atoms with Gasteiger partial charge in [-0.1, -0.05) is 0 Å². The molecule has 0 aromatic rings. The normalized spacial score (nSPS) is 20.0. The summed E-state index contributed by atoms with van der Waals surface area (Å²) in [6.45, 7) is 2.62. The second-order valence-corrected chi connectivity index (χ2v) is 4.54. The average Bonchev–Trinajstić information content (AvgIpc) is 2.81. The molecule has 0 bridgehead atoms. The van der Waals surface area contributed by atoms with Crippen LogP contribution >= 0.6 is 0 Å². The van der Waals surface area contributed by atoms with E-state index in [1.165, 1.54) is 4.90 Å². The largest absolute Gasteiger partial charge is 0.401 e. The van der Waals surface area contributed by atoms with Gasteiger partial charge in [-0.2, -0.15) is 13.2 Å². The summed E-state index contributed by atoms with van der Waals surface area (Å²) in [6.07, 6.45) is -2.90. The zero-order valence-electron chi connectivity index (χ0n) is 9.09. The molecule has 0 aromatic heterocycles. The Labute approximate surface area is 88.1 Å². The maximum absolute atomic E-state index is 12.2. The van der Waals surface area contributed by atoms with Crippen LogP contribution in [0.5, 0.6) is 0 Å². The fourth-order valence-electron chi connectivity index (χ4n) is 1.56. The fourth-order valence-corrected chi connectivity index (χ4v) is 1.56. The third-order valence-electron chi connectivity index (χ3n) is 2.70. The first kappa shape index (κ1) is 12.8. The molecular weight excluding hydrogens is 207 g/mol. The van der Waals surface area contributed by atoms with Gasteiger partial charge in [0.1, 0.15) is 0 Å². The van der Waals surface area contributed by atoms with E-state index in [0.29, 0.717) is 0 Å². The second-order valence-electron chi connectivity index (χ2n) is 4.54. The minimum atomic E-state index is -4.19. The van der Waals surface area contributed by atoms with Gasteiger partial charge >= 0.3 is 6.18 Å². The third-order valence-corrected chi connectivity index (χ3v) is 2.70. The van der Waals surface area contributed by atoms with Crippen molar-refractivity contribution in [2.75, 3.05) is 13.1 Å². The summed E-state index contributed by atoms with van der Waals surface area (Å²) in [6, 6.07) is -0.194. The van der Waals surface area contributed by atoms with Crippen molar-refractivity contribution in [3.63, 3.8) is 0 Å². The van der Waals surface area contributed by atoms with Crippen molar-refractivity contribution in [3.05, 3.63) is 0 Å². The van der Waals surface area contributed by atoms with Gasteiger partial charge in [0.25, 0.3) is 0 Å². The van der Waals surface area contributed by atoms with Crippen LogP contribution in [0.3, 0.4) is 0 Å². The van der Waals surface area contributed by atoms with Gasteiger partial charge in [-0.25, -0.2) is 0 Å². The number of halogens is 3. The molecule has 5 heteroatoms. The maximum Gasteiger partial charge on any atom is 0.401 e. The Morgan fingerprint density at radius 3 is 2.20 bits per heavy atom. The van der Waals surface area contributed by atoms with Crippen LogP contribution in [0.4, 0.5) is 13.2 Å². The standard InChI is InChI=1S/C10H18F3NO/c1-7(2)14(6-10(11,12)13)5-9(15)8-3-4-8/h7-9,15H,3-6H2,1-2H3. The van der Waals surface area contributed by atoms with Crippen LogP contribution in [0.15, 0.2) is 0 Å². The highest BCUT2D eigenvalue weighted by atomic mass is 19.4. The molecule has 1 aliphatic rings. The minimum absolute atomic E-state index is 0.127. The molecule has 0 aromatic carbocycles. The van der Waals surface area contributed by atoms with Crippen LogP contribution in [0.25, 0.3) is 0 Å². The van der Waals surface area contributed by atoms with Crippen LogP contribution in [0, 0.1) is 5.92 Å². The van der Waals surface area contributed by atoms with Gasteiger partial charge in [0.05, 0.1) is 12.6 Å². The summed E-state index contributed by atoms with van der Waals surface area (Å²) >= 11 is 0. The fraction of sp³-hybridized carbons (Fsp3) is 1.00. The number of nitrogens with zero attached hydrogens (tertiary/aromatic N) is 1. The lowest BCUT2D eigenvalue weighted by atomic mass is 10.2. The summed E-state index contributed by atoms with van der Waals surface area (Å²) in [4.78, 5) is 1.28. The van der Waals surface area contributed by atoms with Crippen molar-refractivity contribution < 1.29 is 18.3 Å². The molecule has 0 heterocycles. The van der Waals surface area contributed by atoms with Gasteiger partial charge in [-0.3, -0.25) is 4.90 Å². The van der Waals surface area contributed by atoms with Crippen LogP contribution in [-0.4, -0.2) is 41.4 Å². The van der Waals surface area contributed by atoms with Crippen molar-refractivity contribution in [2.45, 2.75) is 45.0 Å². The zero-order valence-corrected chi connectivity index (χ0v) is 9.09. The van der Waals surface area contributed by atoms with E-state index in [1.54, 1.807) is 13.8 Å². The second kappa shape index (κ2) is 4.70. The van der Waals surface area contributed by atoms with Crippen molar-refractivity contribution in [3.8, 4) is 0 Å². The molecule has 0 amide bonds. The molecular formula is C10H18F3NO. The van der Waals surface area contributed by atoms with Gasteiger partial charge in [-0.05, 0) is 32.6 Å². The first-order chi connectivity index (χ1) is 6.79. The SMILES string of the molecule is CC(C)N(CC(O)C1CC1)CC(F)(F)F. The number of hydrogen-bond donors (Lipinski definition) is 1. The Hall–Kier alpha value is -0.290. The van der Waals surface area contributed by atoms with E-state index < -0.39 is 18.8 Å². The highest BCUT2D eigenvalue weighted by Gasteiger charge is 2.36. The van der Waals surface area contributed by atoms with Gasteiger partial charge in [0, 0.05) is 12.6 Å². The Morgan fingerprint density at radius 1 is 1.33 bits per heavy atom. The van der Waals surface area contributed by atoms with Crippen molar-refractivity contribution in [2.24, 2.45) is 5.92 Å². The minimum Gasteiger partial charge on any atom is -0.392 e. The lowest BCUT2D eigenvalue weighted by Gasteiger charge is -2.29. The molecule has 0 aliphatic heterocycles. The molecule has 0 saturated heterocycles. The average molecular weight is 225 g/mol. The molecule has 1 saturated carbocycles. The molecule has 1 aliphatic carbocycles. The quantitative estimate of drug-likeness (QED) is 0.774. The molecule has 1 N–H and O–H groups in total. The van der Waals surface area contributed by atoms with Crippen molar-refractivity contribution >= 4 is 0 Å². The topological polar surface area (TPSA) is 23.5 Å². The summed E-state index contributed by atoms with van der Waals surface area (Å²) in [5.41, 5.74) is 0. The maximum atomic E-state index is 12.2. The Bertz CT molecular complexity index is 201. The molecule has 90 valence electrons. The van der Waals surface area contributed by atoms with Crippen LogP contribution in [0.2, 0.25) is 0 Å². The van der Waals surface area contributed by atoms with Gasteiger partial charge < -0.3 is 5.11 Å². The van der Waals surface area contributed by atoms with Crippen LogP contribution < -0.4 is 0 Å². The van der Waals surface area contributed by atoms with Crippen LogP contribution in [0.1, 0.15) is 26.7 Å². The molecule has 0 radical (unpaired) electrons. The predicted octanol–water partition coefficient (Wildman–Crippen LogP) is 2.03. The number of aliphatic hydroxyl groups is 1. The summed E-state index contributed by atoms with van der Waals surface area (Å²) < 4.78 is 36.6. The molecule has 0 spiro atoms. The molecule has 15 heavy (non-hydrogen) atoms. The van der Waals surface area contributed by atoms with E-state index >= 15 is 0 Å². The van der Waals surface area contributed by atoms with Gasteiger partial charge in [0.15, 0.2) is 0 Å². The van der Waals surface area contributed by atoms with E-state index in [2.05, 4.69) is 0 Å². The van der Waals surface area contributed by atoms with E-state index in [0.717, 1.165) is 12.8 Å². The van der Waals surface area contributed by atoms with Gasteiger partial charge in [0.2, 0.25) is 0 Å². The van der Waals surface area contributed by atoms with Crippen LogP contribution in [-0.2, 0) is 0 Å². The van der Waals surface area contributed by atoms with Gasteiger partial charge in [-0.15, -0.1) is 0 Å². The monoisotopic (exact) mass is 225 g/mol. The lowest BCUT2D eigenvalue weighted by Crippen LogP contribution is -2.43. The van der Waals surface area contributed by atoms with E-state index in [4.69, 9.17) is 0 Å². The molecule has 1 rings (SSSR count). The first-order valence-electron chi connectivity index (χ1n) is 5.28. The highest BCUT2D eigenvalue weighted by molar-refractivity contribution is 4.84. The summed E-state index contributed by atoms with van der Waals surface area (Å²) in [5, 5.41) is 9.60. The summed E-state index contributed by atoms with van der Waals surface area (Å²) in [5.74, 6) is 0.222.